The summed E-state index contributed by atoms with van der Waals surface area (Å²) in [7, 11) is 0. The zero-order chi connectivity index (χ0) is 9.80. The van der Waals surface area contributed by atoms with Crippen molar-refractivity contribution in [1.29, 1.82) is 0 Å². The van der Waals surface area contributed by atoms with E-state index in [1.165, 1.54) is 12.8 Å². The second kappa shape index (κ2) is 4.31. The van der Waals surface area contributed by atoms with Gasteiger partial charge in [-0.2, -0.15) is 0 Å². The first-order valence-corrected chi connectivity index (χ1v) is 5.30. The molecule has 0 radical (unpaired) electrons. The van der Waals surface area contributed by atoms with E-state index >= 15 is 0 Å². The molecule has 1 aromatic rings. The molecule has 0 spiro atoms. The Kier molecular flexibility index (Phi) is 2.87. The summed E-state index contributed by atoms with van der Waals surface area (Å²) < 4.78 is 0. The number of aromatic nitrogens is 1. The molecule has 0 aromatic carbocycles. The minimum Gasteiger partial charge on any atom is -0.367 e. The van der Waals surface area contributed by atoms with E-state index < -0.39 is 0 Å². The molecule has 14 heavy (non-hydrogen) atoms. The maximum absolute atomic E-state index is 11.9. The Morgan fingerprint density at radius 1 is 1.21 bits per heavy atom. The van der Waals surface area contributed by atoms with Crippen LogP contribution in [0, 0.1) is 0 Å². The molecular weight excluding hydrogens is 176 g/mol. The lowest BCUT2D eigenvalue weighted by atomic mass is 10.2. The smallest absolute Gasteiger partial charge is 0.255 e. The number of hydrogen-bond acceptors (Lipinski definition) is 1. The second-order valence-corrected chi connectivity index (χ2v) is 3.81. The topological polar surface area (TPSA) is 36.1 Å². The van der Waals surface area contributed by atoms with Crippen LogP contribution in [-0.2, 0) is 0 Å². The van der Waals surface area contributed by atoms with Gasteiger partial charge in [-0.1, -0.05) is 12.8 Å². The molecular formula is C11H16N2O. The average molecular weight is 192 g/mol. The van der Waals surface area contributed by atoms with Gasteiger partial charge in [0.2, 0.25) is 0 Å². The molecule has 1 amide bonds. The van der Waals surface area contributed by atoms with Gasteiger partial charge in [0.25, 0.3) is 5.91 Å². The Balaban J connectivity index is 2.03. The summed E-state index contributed by atoms with van der Waals surface area (Å²) in [6, 6.07) is 1.84. The summed E-state index contributed by atoms with van der Waals surface area (Å²) in [5.41, 5.74) is 0.784. The minimum atomic E-state index is 0.174. The van der Waals surface area contributed by atoms with Crippen LogP contribution < -0.4 is 0 Å². The summed E-state index contributed by atoms with van der Waals surface area (Å²) in [6.45, 7) is 1.84. The number of H-pyrrole nitrogens is 1. The number of nitrogens with one attached hydrogen (secondary N) is 1. The van der Waals surface area contributed by atoms with E-state index in [0.717, 1.165) is 31.5 Å². The van der Waals surface area contributed by atoms with Gasteiger partial charge in [0.1, 0.15) is 0 Å². The summed E-state index contributed by atoms with van der Waals surface area (Å²) in [6.07, 6.45) is 8.39. The normalized spacial score (nSPS) is 17.9. The van der Waals surface area contributed by atoms with Crippen molar-refractivity contribution in [1.82, 2.24) is 9.88 Å². The Bertz CT molecular complexity index is 284. The first kappa shape index (κ1) is 9.31. The Morgan fingerprint density at radius 3 is 2.50 bits per heavy atom. The zero-order valence-corrected chi connectivity index (χ0v) is 8.33. The molecule has 0 saturated carbocycles. The fraction of sp³-hybridized carbons (Fsp3) is 0.545. The van der Waals surface area contributed by atoms with E-state index in [9.17, 15) is 4.79 Å². The zero-order valence-electron chi connectivity index (χ0n) is 8.33. The van der Waals surface area contributed by atoms with E-state index in [2.05, 4.69) is 4.98 Å². The van der Waals surface area contributed by atoms with E-state index in [-0.39, 0.29) is 5.91 Å². The summed E-state index contributed by atoms with van der Waals surface area (Å²) in [5, 5.41) is 0. The number of rotatable bonds is 1. The highest BCUT2D eigenvalue weighted by molar-refractivity contribution is 5.94. The Morgan fingerprint density at radius 2 is 1.93 bits per heavy atom. The third-order valence-electron chi connectivity index (χ3n) is 2.74. The van der Waals surface area contributed by atoms with E-state index in [1.807, 2.05) is 11.0 Å². The lowest BCUT2D eigenvalue weighted by Crippen LogP contribution is -2.31. The molecule has 0 atom stereocenters. The molecule has 76 valence electrons. The monoisotopic (exact) mass is 192 g/mol. The molecule has 1 N–H and O–H groups in total. The number of carbonyl (C=O) groups is 1. The highest BCUT2D eigenvalue weighted by atomic mass is 16.2. The van der Waals surface area contributed by atoms with Gasteiger partial charge in [0, 0.05) is 25.5 Å². The maximum atomic E-state index is 11.9. The van der Waals surface area contributed by atoms with Crippen molar-refractivity contribution in [3.8, 4) is 0 Å². The predicted molar refractivity (Wildman–Crippen MR) is 55.2 cm³/mol. The molecule has 1 aliphatic rings. The SMILES string of the molecule is O=C(c1cc[nH]c1)N1CCCCCC1. The highest BCUT2D eigenvalue weighted by Crippen LogP contribution is 2.12. The lowest BCUT2D eigenvalue weighted by molar-refractivity contribution is 0.0762. The van der Waals surface area contributed by atoms with Crippen LogP contribution in [0.15, 0.2) is 18.5 Å². The number of likely N-dealkylation sites (tertiary alicyclic amines) is 1. The molecule has 3 nitrogen and oxygen atoms in total. The quantitative estimate of drug-likeness (QED) is 0.726. The summed E-state index contributed by atoms with van der Waals surface area (Å²) >= 11 is 0. The predicted octanol–water partition coefficient (Wildman–Crippen LogP) is 2.03. The molecule has 0 unspecified atom stereocenters. The molecule has 2 heterocycles. The highest BCUT2D eigenvalue weighted by Gasteiger charge is 2.16. The van der Waals surface area contributed by atoms with Crippen LogP contribution in [0.1, 0.15) is 36.0 Å². The number of hydrogen-bond donors (Lipinski definition) is 1. The number of amides is 1. The van der Waals surface area contributed by atoms with Crippen molar-refractivity contribution in [3.63, 3.8) is 0 Å². The van der Waals surface area contributed by atoms with E-state index in [4.69, 9.17) is 0 Å². The van der Waals surface area contributed by atoms with Gasteiger partial charge in [-0.05, 0) is 18.9 Å². The van der Waals surface area contributed by atoms with Gasteiger partial charge in [-0.15, -0.1) is 0 Å². The van der Waals surface area contributed by atoms with Crippen LogP contribution in [0.25, 0.3) is 0 Å². The molecule has 2 rings (SSSR count). The molecule has 1 saturated heterocycles. The molecule has 0 bridgehead atoms. The van der Waals surface area contributed by atoms with Crippen LogP contribution >= 0.6 is 0 Å². The van der Waals surface area contributed by atoms with Crippen LogP contribution in [0.5, 0.6) is 0 Å². The van der Waals surface area contributed by atoms with Crippen LogP contribution in [0.4, 0.5) is 0 Å². The summed E-state index contributed by atoms with van der Waals surface area (Å²) in [4.78, 5) is 16.8. The first-order chi connectivity index (χ1) is 6.88. The van der Waals surface area contributed by atoms with Crippen LogP contribution in [-0.4, -0.2) is 28.9 Å². The van der Waals surface area contributed by atoms with E-state index in [1.54, 1.807) is 12.4 Å². The van der Waals surface area contributed by atoms with Crippen molar-refractivity contribution in [2.75, 3.05) is 13.1 Å². The lowest BCUT2D eigenvalue weighted by Gasteiger charge is -2.19. The number of nitrogens with zero attached hydrogens (tertiary/aromatic N) is 1. The third-order valence-corrected chi connectivity index (χ3v) is 2.74. The Hall–Kier alpha value is -1.25. The number of aromatic amines is 1. The molecule has 1 aliphatic heterocycles. The van der Waals surface area contributed by atoms with Crippen molar-refractivity contribution < 1.29 is 4.79 Å². The first-order valence-electron chi connectivity index (χ1n) is 5.30. The largest absolute Gasteiger partial charge is 0.367 e. The molecule has 1 fully saturated rings. The maximum Gasteiger partial charge on any atom is 0.255 e. The summed E-state index contributed by atoms with van der Waals surface area (Å²) in [5.74, 6) is 0.174. The van der Waals surface area contributed by atoms with Crippen molar-refractivity contribution in [3.05, 3.63) is 24.0 Å². The number of carbonyl (C=O) groups excluding carboxylic acids is 1. The second-order valence-electron chi connectivity index (χ2n) is 3.81. The molecule has 3 heteroatoms. The van der Waals surface area contributed by atoms with Gasteiger partial charge in [0.05, 0.1) is 5.56 Å². The van der Waals surface area contributed by atoms with Gasteiger partial charge >= 0.3 is 0 Å². The van der Waals surface area contributed by atoms with Crippen molar-refractivity contribution >= 4 is 5.91 Å². The van der Waals surface area contributed by atoms with Crippen LogP contribution in [0.3, 0.4) is 0 Å². The average Bonchev–Trinajstić information content (AvgIpc) is 2.59. The standard InChI is InChI=1S/C11H16N2O/c14-11(10-5-6-12-9-10)13-7-3-1-2-4-8-13/h5-6,9,12H,1-4,7-8H2. The van der Waals surface area contributed by atoms with Crippen molar-refractivity contribution in [2.24, 2.45) is 0 Å². The molecule has 1 aromatic heterocycles. The fourth-order valence-corrected chi connectivity index (χ4v) is 1.91. The third kappa shape index (κ3) is 1.97. The van der Waals surface area contributed by atoms with Crippen molar-refractivity contribution in [2.45, 2.75) is 25.7 Å². The van der Waals surface area contributed by atoms with Gasteiger partial charge in [0.15, 0.2) is 0 Å². The van der Waals surface area contributed by atoms with E-state index in [0.29, 0.717) is 0 Å². The molecule has 0 aliphatic carbocycles. The minimum absolute atomic E-state index is 0.174. The van der Waals surface area contributed by atoms with Gasteiger partial charge in [-0.25, -0.2) is 0 Å². The Labute approximate surface area is 84.1 Å². The van der Waals surface area contributed by atoms with Gasteiger partial charge in [-0.3, -0.25) is 4.79 Å². The van der Waals surface area contributed by atoms with Crippen LogP contribution in [0.2, 0.25) is 0 Å². The van der Waals surface area contributed by atoms with Gasteiger partial charge < -0.3 is 9.88 Å². The fourth-order valence-electron chi connectivity index (χ4n) is 1.91.